The van der Waals surface area contributed by atoms with Crippen LogP contribution in [0.5, 0.6) is 5.75 Å². The molecule has 0 aliphatic carbocycles. The normalized spacial score (nSPS) is 11.8. The molecular formula is C18H20N3O2+. The molecule has 23 heavy (non-hydrogen) atoms. The summed E-state index contributed by atoms with van der Waals surface area (Å²) < 4.78 is 7.94. The summed E-state index contributed by atoms with van der Waals surface area (Å²) in [6.07, 6.45) is 1.92. The number of ether oxygens (including phenoxy) is 1. The van der Waals surface area contributed by atoms with E-state index in [-0.39, 0.29) is 5.84 Å². The number of para-hydroxylation sites is 2. The smallest absolute Gasteiger partial charge is 0.313 e. The molecule has 0 saturated heterocycles. The number of benzene rings is 2. The number of hydrogen-bond acceptors (Lipinski definition) is 2. The van der Waals surface area contributed by atoms with Gasteiger partial charge in [0.15, 0.2) is 0 Å². The summed E-state index contributed by atoms with van der Waals surface area (Å²) >= 11 is 0. The number of nitrogens with zero attached hydrogens (tertiary/aromatic N) is 1. The minimum atomic E-state index is 0.236. The van der Waals surface area contributed by atoms with Gasteiger partial charge in [-0.1, -0.05) is 41.6 Å². The molecule has 5 heteroatoms. The lowest BCUT2D eigenvalue weighted by atomic mass is 10.1. The van der Waals surface area contributed by atoms with E-state index in [9.17, 15) is 0 Å². The molecule has 118 valence electrons. The summed E-state index contributed by atoms with van der Waals surface area (Å²) in [6.45, 7) is 3.27. The first-order chi connectivity index (χ1) is 11.2. The zero-order chi connectivity index (χ0) is 16.2. The number of nitrogens with two attached hydrogens (primary N) is 1. The number of amidine groups is 1. The minimum absolute atomic E-state index is 0.236. The van der Waals surface area contributed by atoms with Crippen LogP contribution in [-0.4, -0.2) is 22.2 Å². The van der Waals surface area contributed by atoms with Crippen LogP contribution in [0.4, 0.5) is 0 Å². The summed E-state index contributed by atoms with van der Waals surface area (Å²) in [6, 6.07) is 15.9. The van der Waals surface area contributed by atoms with Crippen LogP contribution in [0.15, 0.2) is 54.7 Å². The van der Waals surface area contributed by atoms with Crippen LogP contribution in [0, 0.1) is 6.92 Å². The maximum absolute atomic E-state index is 9.07. The van der Waals surface area contributed by atoms with E-state index in [1.165, 1.54) is 0 Å². The Kier molecular flexibility index (Phi) is 4.19. The highest BCUT2D eigenvalue weighted by molar-refractivity contribution is 6.06. The first-order valence-corrected chi connectivity index (χ1v) is 7.50. The zero-order valence-electron chi connectivity index (χ0n) is 13.0. The Labute approximate surface area is 134 Å². The van der Waals surface area contributed by atoms with E-state index in [1.807, 2.05) is 66.8 Å². The molecule has 0 saturated carbocycles. The minimum Gasteiger partial charge on any atom is -0.491 e. The van der Waals surface area contributed by atoms with Crippen molar-refractivity contribution in [2.24, 2.45) is 5.73 Å². The van der Waals surface area contributed by atoms with E-state index < -0.39 is 0 Å². The van der Waals surface area contributed by atoms with Gasteiger partial charge in [0.25, 0.3) is 0 Å². The van der Waals surface area contributed by atoms with Crippen molar-refractivity contribution in [3.8, 4) is 5.75 Å². The second-order valence-electron chi connectivity index (χ2n) is 5.39. The topological polar surface area (TPSA) is 74.4 Å². The summed E-state index contributed by atoms with van der Waals surface area (Å²) in [4.78, 5) is 0. The lowest BCUT2D eigenvalue weighted by molar-refractivity contribution is -0.737. The molecule has 0 aliphatic rings. The molecule has 3 rings (SSSR count). The first-order valence-electron chi connectivity index (χ1n) is 7.50. The fourth-order valence-corrected chi connectivity index (χ4v) is 2.68. The Morgan fingerprint density at radius 2 is 1.91 bits per heavy atom. The maximum Gasteiger partial charge on any atom is 0.313 e. The SMILES string of the molecule is Cc1ccccc1OCCn1cc(/C(N)=[NH+]/O)c2ccccc21. The Morgan fingerprint density at radius 1 is 1.17 bits per heavy atom. The molecule has 1 aromatic heterocycles. The van der Waals surface area contributed by atoms with Gasteiger partial charge in [0.1, 0.15) is 12.4 Å². The third-order valence-electron chi connectivity index (χ3n) is 3.88. The predicted octanol–water partition coefficient (Wildman–Crippen LogP) is 1.20. The molecule has 0 amide bonds. The second kappa shape index (κ2) is 6.44. The highest BCUT2D eigenvalue weighted by Crippen LogP contribution is 2.21. The average molecular weight is 310 g/mol. The molecule has 0 atom stereocenters. The van der Waals surface area contributed by atoms with Crippen LogP contribution in [0.3, 0.4) is 0 Å². The largest absolute Gasteiger partial charge is 0.491 e. The number of nitrogens with one attached hydrogen (secondary N) is 1. The van der Waals surface area contributed by atoms with Gasteiger partial charge in [-0.25, -0.2) is 0 Å². The highest BCUT2D eigenvalue weighted by Gasteiger charge is 2.14. The van der Waals surface area contributed by atoms with Crippen LogP contribution in [-0.2, 0) is 6.54 Å². The van der Waals surface area contributed by atoms with Crippen LogP contribution in [0.25, 0.3) is 10.9 Å². The van der Waals surface area contributed by atoms with Crippen molar-refractivity contribution in [3.05, 3.63) is 65.9 Å². The maximum atomic E-state index is 9.07. The predicted molar refractivity (Wildman–Crippen MR) is 89.7 cm³/mol. The zero-order valence-corrected chi connectivity index (χ0v) is 13.0. The van der Waals surface area contributed by atoms with Gasteiger partial charge in [0, 0.05) is 17.1 Å². The fourth-order valence-electron chi connectivity index (χ4n) is 2.68. The second-order valence-corrected chi connectivity index (χ2v) is 5.39. The summed E-state index contributed by atoms with van der Waals surface area (Å²) in [5.74, 6) is 1.13. The van der Waals surface area contributed by atoms with Crippen molar-refractivity contribution >= 4 is 16.7 Å². The van der Waals surface area contributed by atoms with Crippen molar-refractivity contribution in [2.45, 2.75) is 13.5 Å². The molecule has 2 aromatic carbocycles. The van der Waals surface area contributed by atoms with E-state index >= 15 is 0 Å². The first kappa shape index (κ1) is 15.0. The average Bonchev–Trinajstić information content (AvgIpc) is 2.95. The molecular weight excluding hydrogens is 290 g/mol. The number of nitrogen functional groups attached to an aromatic ring is 1. The molecule has 0 radical (unpaired) electrons. The van der Waals surface area contributed by atoms with E-state index in [4.69, 9.17) is 15.7 Å². The molecule has 4 N–H and O–H groups in total. The van der Waals surface area contributed by atoms with Crippen molar-refractivity contribution in [1.82, 2.24) is 4.57 Å². The van der Waals surface area contributed by atoms with Gasteiger partial charge in [0.2, 0.25) is 0 Å². The highest BCUT2D eigenvalue weighted by atomic mass is 16.5. The molecule has 5 nitrogen and oxygen atoms in total. The lowest BCUT2D eigenvalue weighted by Gasteiger charge is -2.10. The van der Waals surface area contributed by atoms with Crippen LogP contribution in [0.2, 0.25) is 0 Å². The number of hydrogen-bond donors (Lipinski definition) is 3. The molecule has 0 unspecified atom stereocenters. The number of fused-ring (bicyclic) bond motifs is 1. The fraction of sp³-hybridized carbons (Fsp3) is 0.167. The van der Waals surface area contributed by atoms with E-state index in [1.54, 1.807) is 0 Å². The molecule has 3 aromatic rings. The van der Waals surface area contributed by atoms with Gasteiger partial charge in [-0.3, -0.25) is 5.73 Å². The number of aryl methyl sites for hydroxylation is 1. The number of rotatable bonds is 5. The Bertz CT molecular complexity index is 852. The molecule has 0 bridgehead atoms. The van der Waals surface area contributed by atoms with Crippen molar-refractivity contribution in [3.63, 3.8) is 0 Å². The Morgan fingerprint density at radius 3 is 2.70 bits per heavy atom. The van der Waals surface area contributed by atoms with E-state index in [0.29, 0.717) is 13.2 Å². The summed E-state index contributed by atoms with van der Waals surface area (Å²) in [5.41, 5.74) is 8.77. The third kappa shape index (κ3) is 2.99. The third-order valence-corrected chi connectivity index (χ3v) is 3.88. The van der Waals surface area contributed by atoms with Crippen LogP contribution in [0.1, 0.15) is 11.1 Å². The van der Waals surface area contributed by atoms with Gasteiger partial charge in [-0.2, -0.15) is 0 Å². The summed E-state index contributed by atoms with van der Waals surface area (Å²) in [5, 5.41) is 12.1. The lowest BCUT2D eigenvalue weighted by Crippen LogP contribution is -2.71. The van der Waals surface area contributed by atoms with Gasteiger partial charge >= 0.3 is 5.84 Å². The van der Waals surface area contributed by atoms with Gasteiger partial charge in [-0.15, -0.1) is 0 Å². The van der Waals surface area contributed by atoms with Gasteiger partial charge in [0.05, 0.1) is 12.1 Å². The quantitative estimate of drug-likeness (QED) is 0.287. The van der Waals surface area contributed by atoms with Crippen molar-refractivity contribution in [2.75, 3.05) is 6.61 Å². The Balaban J connectivity index is 1.82. The van der Waals surface area contributed by atoms with E-state index in [2.05, 4.69) is 4.57 Å². The number of aromatic nitrogens is 1. The molecule has 0 aliphatic heterocycles. The van der Waals surface area contributed by atoms with E-state index in [0.717, 1.165) is 27.8 Å². The summed E-state index contributed by atoms with van der Waals surface area (Å²) in [7, 11) is 0. The Hall–Kier alpha value is -2.95. The van der Waals surface area contributed by atoms with Gasteiger partial charge < -0.3 is 14.5 Å². The molecule has 0 fully saturated rings. The van der Waals surface area contributed by atoms with Gasteiger partial charge in [-0.05, 0) is 24.6 Å². The molecule has 0 spiro atoms. The van der Waals surface area contributed by atoms with Crippen LogP contribution >= 0.6 is 0 Å². The van der Waals surface area contributed by atoms with Crippen molar-refractivity contribution in [1.29, 1.82) is 0 Å². The van der Waals surface area contributed by atoms with Crippen LogP contribution < -0.4 is 15.6 Å². The monoisotopic (exact) mass is 310 g/mol. The standard InChI is InChI=1S/C18H19N3O2/c1-13-6-2-5-9-17(13)23-11-10-21-12-15(18(19)20-22)14-7-3-4-8-16(14)21/h2-9,12,22H,10-11H2,1H3,(H2,19,20)/p+1. The van der Waals surface area contributed by atoms with Crippen molar-refractivity contribution < 1.29 is 15.1 Å². The molecule has 1 heterocycles.